The molecule has 0 fully saturated rings. The molecule has 1 aromatic carbocycles. The molecule has 18 heavy (non-hydrogen) atoms. The van der Waals surface area contributed by atoms with Gasteiger partial charge in [-0.3, -0.25) is 0 Å². The molecule has 0 aliphatic heterocycles. The van der Waals surface area contributed by atoms with E-state index in [1.165, 1.54) is 5.56 Å². The number of aromatic nitrogens is 2. The van der Waals surface area contributed by atoms with Crippen LogP contribution in [0.1, 0.15) is 28.4 Å². The normalized spacial score (nSPS) is 12.4. The summed E-state index contributed by atoms with van der Waals surface area (Å²) in [5.41, 5.74) is 9.29. The van der Waals surface area contributed by atoms with Crippen LogP contribution in [0.15, 0.2) is 24.5 Å². The predicted molar refractivity (Wildman–Crippen MR) is 72.0 cm³/mol. The van der Waals surface area contributed by atoms with E-state index in [0.717, 1.165) is 22.7 Å². The van der Waals surface area contributed by atoms with E-state index in [1.54, 1.807) is 13.3 Å². The summed E-state index contributed by atoms with van der Waals surface area (Å²) in [6, 6.07) is 4.23. The van der Waals surface area contributed by atoms with E-state index in [-0.39, 0.29) is 5.92 Å². The molecule has 1 aromatic heterocycles. The average molecular weight is 245 g/mol. The molecule has 1 unspecified atom stereocenters. The Kier molecular flexibility index (Phi) is 3.67. The average Bonchev–Trinajstić information content (AvgIpc) is 2.83. The summed E-state index contributed by atoms with van der Waals surface area (Å²) in [5, 5.41) is 0. The van der Waals surface area contributed by atoms with Crippen molar-refractivity contribution in [3.63, 3.8) is 0 Å². The second kappa shape index (κ2) is 5.23. The lowest BCUT2D eigenvalue weighted by atomic mass is 9.94. The Bertz CT molecular complexity index is 497. The van der Waals surface area contributed by atoms with Gasteiger partial charge in [-0.25, -0.2) is 4.98 Å². The molecule has 2 aromatic rings. The number of hydrogen-bond donors (Lipinski definition) is 2. The molecule has 1 atom stereocenters. The first-order valence-electron chi connectivity index (χ1n) is 6.01. The van der Waals surface area contributed by atoms with Crippen LogP contribution < -0.4 is 10.5 Å². The lowest BCUT2D eigenvalue weighted by Gasteiger charge is -2.17. The van der Waals surface area contributed by atoms with Crippen LogP contribution in [-0.4, -0.2) is 23.6 Å². The number of rotatable bonds is 4. The number of nitrogens with zero attached hydrogens (tertiary/aromatic N) is 1. The number of benzene rings is 1. The van der Waals surface area contributed by atoms with E-state index in [1.807, 2.05) is 20.0 Å². The van der Waals surface area contributed by atoms with Crippen LogP contribution in [0, 0.1) is 13.8 Å². The van der Waals surface area contributed by atoms with Gasteiger partial charge < -0.3 is 15.5 Å². The van der Waals surface area contributed by atoms with Crippen molar-refractivity contribution in [2.24, 2.45) is 5.73 Å². The summed E-state index contributed by atoms with van der Waals surface area (Å²) in [5.74, 6) is 1.94. The maximum absolute atomic E-state index is 5.88. The number of aryl methyl sites for hydroxylation is 2. The Morgan fingerprint density at radius 3 is 2.44 bits per heavy atom. The van der Waals surface area contributed by atoms with Gasteiger partial charge in [-0.1, -0.05) is 12.1 Å². The fourth-order valence-electron chi connectivity index (χ4n) is 2.38. The molecule has 0 saturated heterocycles. The molecule has 4 nitrogen and oxygen atoms in total. The van der Waals surface area contributed by atoms with Gasteiger partial charge in [-0.05, 0) is 30.5 Å². The molecule has 0 aliphatic rings. The van der Waals surface area contributed by atoms with Crippen LogP contribution in [0.3, 0.4) is 0 Å². The molecule has 2 rings (SSSR count). The molecule has 0 aliphatic carbocycles. The summed E-state index contributed by atoms with van der Waals surface area (Å²) in [7, 11) is 1.70. The number of nitrogens with two attached hydrogens (primary N) is 1. The molecule has 3 N–H and O–H groups in total. The number of imidazole rings is 1. The molecule has 0 saturated carbocycles. The fourth-order valence-corrected chi connectivity index (χ4v) is 2.38. The number of methoxy groups -OCH3 is 1. The van der Waals surface area contributed by atoms with Crippen molar-refractivity contribution in [1.82, 2.24) is 9.97 Å². The third-order valence-corrected chi connectivity index (χ3v) is 3.17. The summed E-state index contributed by atoms with van der Waals surface area (Å²) in [6.45, 7) is 4.62. The predicted octanol–water partition coefficient (Wildman–Crippen LogP) is 2.13. The zero-order valence-electron chi connectivity index (χ0n) is 11.0. The van der Waals surface area contributed by atoms with Crippen LogP contribution in [0.25, 0.3) is 0 Å². The van der Waals surface area contributed by atoms with Crippen LogP contribution >= 0.6 is 0 Å². The van der Waals surface area contributed by atoms with Gasteiger partial charge in [0.2, 0.25) is 0 Å². The van der Waals surface area contributed by atoms with E-state index in [2.05, 4.69) is 22.1 Å². The number of nitrogens with one attached hydrogen (secondary N) is 1. The van der Waals surface area contributed by atoms with Crippen molar-refractivity contribution in [2.45, 2.75) is 19.8 Å². The Morgan fingerprint density at radius 1 is 1.33 bits per heavy atom. The Morgan fingerprint density at radius 2 is 2.00 bits per heavy atom. The highest BCUT2D eigenvalue weighted by molar-refractivity contribution is 5.45. The van der Waals surface area contributed by atoms with Crippen LogP contribution in [0.5, 0.6) is 5.75 Å². The zero-order chi connectivity index (χ0) is 13.1. The quantitative estimate of drug-likeness (QED) is 0.867. The lowest BCUT2D eigenvalue weighted by molar-refractivity contribution is 0.408. The maximum atomic E-state index is 5.88. The Balaban J connectivity index is 2.44. The molecule has 0 spiro atoms. The minimum absolute atomic E-state index is 0.100. The fraction of sp³-hybridized carbons (Fsp3) is 0.357. The van der Waals surface area contributed by atoms with Gasteiger partial charge >= 0.3 is 0 Å². The van der Waals surface area contributed by atoms with Crippen molar-refractivity contribution < 1.29 is 4.74 Å². The zero-order valence-corrected chi connectivity index (χ0v) is 11.0. The Hall–Kier alpha value is -1.81. The Labute approximate surface area is 107 Å². The van der Waals surface area contributed by atoms with E-state index in [4.69, 9.17) is 10.5 Å². The van der Waals surface area contributed by atoms with Crippen LogP contribution in [-0.2, 0) is 0 Å². The molecule has 0 amide bonds. The van der Waals surface area contributed by atoms with Crippen molar-refractivity contribution in [2.75, 3.05) is 13.7 Å². The second-order valence-corrected chi connectivity index (χ2v) is 4.45. The minimum Gasteiger partial charge on any atom is -0.496 e. The number of hydrogen-bond acceptors (Lipinski definition) is 3. The smallest absolute Gasteiger partial charge is 0.124 e. The van der Waals surface area contributed by atoms with Crippen molar-refractivity contribution in [3.05, 3.63) is 47.0 Å². The van der Waals surface area contributed by atoms with E-state index in [9.17, 15) is 0 Å². The van der Waals surface area contributed by atoms with Crippen molar-refractivity contribution >= 4 is 0 Å². The van der Waals surface area contributed by atoms with Gasteiger partial charge in [0.25, 0.3) is 0 Å². The molecule has 4 heteroatoms. The molecule has 1 heterocycles. The molecular formula is C14H19N3O. The molecule has 96 valence electrons. The molecule has 0 radical (unpaired) electrons. The highest BCUT2D eigenvalue weighted by Crippen LogP contribution is 2.29. The largest absolute Gasteiger partial charge is 0.496 e. The van der Waals surface area contributed by atoms with Gasteiger partial charge in [0.1, 0.15) is 11.6 Å². The highest BCUT2D eigenvalue weighted by atomic mass is 16.5. The van der Waals surface area contributed by atoms with Gasteiger partial charge in [-0.15, -0.1) is 0 Å². The molecule has 0 bridgehead atoms. The first-order valence-corrected chi connectivity index (χ1v) is 6.01. The third-order valence-electron chi connectivity index (χ3n) is 3.17. The monoisotopic (exact) mass is 245 g/mol. The van der Waals surface area contributed by atoms with E-state index in [0.29, 0.717) is 6.54 Å². The SMILES string of the molecule is COc1c(C)cc(C(CN)c2ncc[nH]2)cc1C. The maximum Gasteiger partial charge on any atom is 0.124 e. The topological polar surface area (TPSA) is 63.9 Å². The van der Waals surface area contributed by atoms with Gasteiger partial charge in [0.15, 0.2) is 0 Å². The third kappa shape index (κ3) is 2.24. The number of H-pyrrole nitrogens is 1. The van der Waals surface area contributed by atoms with Crippen molar-refractivity contribution in [1.29, 1.82) is 0 Å². The van der Waals surface area contributed by atoms with E-state index >= 15 is 0 Å². The van der Waals surface area contributed by atoms with Crippen LogP contribution in [0.2, 0.25) is 0 Å². The lowest BCUT2D eigenvalue weighted by Crippen LogP contribution is -2.15. The number of ether oxygens (including phenoxy) is 1. The standard InChI is InChI=1S/C14H19N3O/c1-9-6-11(7-10(2)13(9)18-3)12(8-15)14-16-4-5-17-14/h4-7,12H,8,15H2,1-3H3,(H,16,17). The van der Waals surface area contributed by atoms with Gasteiger partial charge in [0, 0.05) is 18.9 Å². The van der Waals surface area contributed by atoms with Gasteiger partial charge in [-0.2, -0.15) is 0 Å². The summed E-state index contributed by atoms with van der Waals surface area (Å²) in [6.07, 6.45) is 3.57. The van der Waals surface area contributed by atoms with Crippen LogP contribution in [0.4, 0.5) is 0 Å². The second-order valence-electron chi connectivity index (χ2n) is 4.45. The first kappa shape index (κ1) is 12.6. The summed E-state index contributed by atoms with van der Waals surface area (Å²) >= 11 is 0. The highest BCUT2D eigenvalue weighted by Gasteiger charge is 2.17. The minimum atomic E-state index is 0.100. The number of aromatic amines is 1. The molecular weight excluding hydrogens is 226 g/mol. The van der Waals surface area contributed by atoms with E-state index < -0.39 is 0 Å². The van der Waals surface area contributed by atoms with Gasteiger partial charge in [0.05, 0.1) is 13.0 Å². The van der Waals surface area contributed by atoms with Crippen molar-refractivity contribution in [3.8, 4) is 5.75 Å². The summed E-state index contributed by atoms with van der Waals surface area (Å²) in [4.78, 5) is 7.43. The first-order chi connectivity index (χ1) is 8.67. The summed E-state index contributed by atoms with van der Waals surface area (Å²) < 4.78 is 5.38.